The van der Waals surface area contributed by atoms with E-state index in [1.165, 1.54) is 0 Å². The van der Waals surface area contributed by atoms with Crippen LogP contribution < -0.4 is 16.0 Å². The van der Waals surface area contributed by atoms with Gasteiger partial charge in [-0.2, -0.15) is 0 Å². The fourth-order valence-electron chi connectivity index (χ4n) is 3.81. The number of thiazole rings is 1. The number of rotatable bonds is 4. The van der Waals surface area contributed by atoms with Gasteiger partial charge in [-0.1, -0.05) is 54.1 Å². The molecule has 0 radical (unpaired) electrons. The second-order valence-corrected chi connectivity index (χ2v) is 9.49. The van der Waals surface area contributed by atoms with Crippen molar-refractivity contribution in [3.05, 3.63) is 94.5 Å². The highest BCUT2D eigenvalue weighted by Gasteiger charge is 2.25. The Kier molecular flexibility index (Phi) is 6.65. The minimum absolute atomic E-state index is 0.200. The van der Waals surface area contributed by atoms with Gasteiger partial charge in [0.25, 0.3) is 0 Å². The van der Waals surface area contributed by atoms with Crippen LogP contribution in [0, 0.1) is 0 Å². The lowest BCUT2D eigenvalue weighted by atomic mass is 10.2. The van der Waals surface area contributed by atoms with Crippen LogP contribution in [0.3, 0.4) is 0 Å². The number of aromatic nitrogens is 1. The third-order valence-corrected chi connectivity index (χ3v) is 6.97. The molecule has 1 aliphatic rings. The molecule has 0 saturated carbocycles. The Morgan fingerprint density at radius 1 is 0.857 bits per heavy atom. The molecule has 0 spiro atoms. The average Bonchev–Trinajstić information content (AvgIpc) is 3.28. The van der Waals surface area contributed by atoms with E-state index in [0.717, 1.165) is 21.1 Å². The molecule has 4 aromatic rings. The van der Waals surface area contributed by atoms with Crippen LogP contribution in [0.5, 0.6) is 0 Å². The lowest BCUT2D eigenvalue weighted by molar-refractivity contribution is 0.207. The molecule has 7 nitrogen and oxygen atoms in total. The fraction of sp³-hybridized carbons (Fsp3) is 0.115. The molecule has 2 heterocycles. The summed E-state index contributed by atoms with van der Waals surface area (Å²) >= 11 is 7.91. The SMILES string of the molecule is O=C(Nc1ccccc1)Nc1cccc(NC(=O)N2CCc3nc(-c4ccccc4Cl)sc3C2)c1. The van der Waals surface area contributed by atoms with Crippen LogP contribution in [0.1, 0.15) is 10.6 Å². The first-order chi connectivity index (χ1) is 17.0. The first-order valence-corrected chi connectivity index (χ1v) is 12.3. The zero-order chi connectivity index (χ0) is 24.2. The van der Waals surface area contributed by atoms with Crippen LogP contribution in [0.25, 0.3) is 10.6 Å². The Balaban J connectivity index is 1.21. The monoisotopic (exact) mass is 503 g/mol. The average molecular weight is 504 g/mol. The smallest absolute Gasteiger partial charge is 0.319 e. The van der Waals surface area contributed by atoms with Gasteiger partial charge < -0.3 is 20.9 Å². The number of amides is 4. The number of para-hydroxylation sites is 1. The molecule has 5 rings (SSSR count). The van der Waals surface area contributed by atoms with Crippen molar-refractivity contribution in [3.8, 4) is 10.6 Å². The minimum atomic E-state index is -0.359. The summed E-state index contributed by atoms with van der Waals surface area (Å²) in [7, 11) is 0. The molecule has 9 heteroatoms. The van der Waals surface area contributed by atoms with Gasteiger partial charge in [-0.3, -0.25) is 0 Å². The van der Waals surface area contributed by atoms with E-state index in [0.29, 0.717) is 41.6 Å². The molecule has 0 aliphatic carbocycles. The van der Waals surface area contributed by atoms with Gasteiger partial charge in [-0.25, -0.2) is 14.6 Å². The van der Waals surface area contributed by atoms with E-state index < -0.39 is 0 Å². The van der Waals surface area contributed by atoms with E-state index in [2.05, 4.69) is 16.0 Å². The number of urea groups is 2. The number of nitrogens with zero attached hydrogens (tertiary/aromatic N) is 2. The Morgan fingerprint density at radius 3 is 2.34 bits per heavy atom. The van der Waals surface area contributed by atoms with Gasteiger partial charge in [0.2, 0.25) is 0 Å². The van der Waals surface area contributed by atoms with Gasteiger partial charge in [-0.15, -0.1) is 11.3 Å². The van der Waals surface area contributed by atoms with E-state index in [4.69, 9.17) is 16.6 Å². The van der Waals surface area contributed by atoms with Gasteiger partial charge in [0.05, 0.1) is 17.3 Å². The molecule has 3 aromatic carbocycles. The van der Waals surface area contributed by atoms with E-state index in [-0.39, 0.29) is 12.1 Å². The molecule has 35 heavy (non-hydrogen) atoms. The summed E-state index contributed by atoms with van der Waals surface area (Å²) in [5.41, 5.74) is 3.79. The summed E-state index contributed by atoms with van der Waals surface area (Å²) in [4.78, 5) is 32.8. The summed E-state index contributed by atoms with van der Waals surface area (Å²) in [6.45, 7) is 1.06. The first-order valence-electron chi connectivity index (χ1n) is 11.1. The molecular formula is C26H22ClN5O2S. The van der Waals surface area contributed by atoms with Crippen molar-refractivity contribution in [2.24, 2.45) is 0 Å². The summed E-state index contributed by atoms with van der Waals surface area (Å²) in [5.74, 6) is 0. The molecule has 1 aromatic heterocycles. The van der Waals surface area contributed by atoms with Crippen LogP contribution in [0.15, 0.2) is 78.9 Å². The summed E-state index contributed by atoms with van der Waals surface area (Å²) < 4.78 is 0. The van der Waals surface area contributed by atoms with E-state index in [1.54, 1.807) is 52.6 Å². The maximum absolute atomic E-state index is 13.0. The normalized spacial score (nSPS) is 12.5. The van der Waals surface area contributed by atoms with Crippen LogP contribution >= 0.6 is 22.9 Å². The van der Waals surface area contributed by atoms with Crippen molar-refractivity contribution in [1.29, 1.82) is 0 Å². The standard InChI is InChI=1S/C26H22ClN5O2S/c27-21-12-5-4-11-20(21)24-31-22-13-14-32(16-23(22)35-24)26(34)30-19-10-6-9-18(15-19)29-25(33)28-17-7-2-1-3-8-17/h1-12,15H,13-14,16H2,(H,30,34)(H2,28,29,33). The fourth-order valence-corrected chi connectivity index (χ4v) is 5.26. The highest BCUT2D eigenvalue weighted by molar-refractivity contribution is 7.15. The molecule has 1 aliphatic heterocycles. The molecular weight excluding hydrogens is 482 g/mol. The zero-order valence-electron chi connectivity index (χ0n) is 18.6. The van der Waals surface area contributed by atoms with E-state index >= 15 is 0 Å². The molecule has 4 amide bonds. The number of carbonyl (C=O) groups excluding carboxylic acids is 2. The number of halogens is 1. The third-order valence-electron chi connectivity index (χ3n) is 5.53. The first kappa shape index (κ1) is 22.9. The van der Waals surface area contributed by atoms with Gasteiger partial charge >= 0.3 is 12.1 Å². The molecule has 0 bridgehead atoms. The number of nitrogens with one attached hydrogen (secondary N) is 3. The quantitative estimate of drug-likeness (QED) is 0.289. The van der Waals surface area contributed by atoms with Crippen LogP contribution in [-0.2, 0) is 13.0 Å². The lowest BCUT2D eigenvalue weighted by Gasteiger charge is -2.26. The number of fused-ring (bicyclic) bond motifs is 1. The topological polar surface area (TPSA) is 86.4 Å². The maximum Gasteiger partial charge on any atom is 0.323 e. The van der Waals surface area contributed by atoms with Crippen LogP contribution in [-0.4, -0.2) is 28.5 Å². The summed E-state index contributed by atoms with van der Waals surface area (Å²) in [5, 5.41) is 10.0. The predicted octanol–water partition coefficient (Wildman–Crippen LogP) is 6.70. The Morgan fingerprint density at radius 2 is 1.54 bits per heavy atom. The van der Waals surface area contributed by atoms with Gasteiger partial charge in [-0.05, 0) is 36.4 Å². The largest absolute Gasteiger partial charge is 0.323 e. The Labute approximate surface area is 211 Å². The van der Waals surface area contributed by atoms with Crippen molar-refractivity contribution >= 4 is 52.1 Å². The van der Waals surface area contributed by atoms with Crippen molar-refractivity contribution < 1.29 is 9.59 Å². The van der Waals surface area contributed by atoms with Crippen LogP contribution in [0.4, 0.5) is 26.7 Å². The molecule has 0 saturated heterocycles. The van der Waals surface area contributed by atoms with Gasteiger partial charge in [0.15, 0.2) is 0 Å². The maximum atomic E-state index is 13.0. The highest BCUT2D eigenvalue weighted by Crippen LogP contribution is 2.35. The number of benzene rings is 3. The second-order valence-electron chi connectivity index (χ2n) is 8.00. The Bertz CT molecular complexity index is 1380. The van der Waals surface area contributed by atoms with Crippen molar-refractivity contribution in [3.63, 3.8) is 0 Å². The highest BCUT2D eigenvalue weighted by atomic mass is 35.5. The van der Waals surface area contributed by atoms with Crippen molar-refractivity contribution in [1.82, 2.24) is 9.88 Å². The molecule has 3 N–H and O–H groups in total. The number of hydrogen-bond acceptors (Lipinski definition) is 4. The molecule has 176 valence electrons. The minimum Gasteiger partial charge on any atom is -0.319 e. The molecule has 0 fully saturated rings. The number of anilines is 3. The van der Waals surface area contributed by atoms with Crippen LogP contribution in [0.2, 0.25) is 5.02 Å². The number of hydrogen-bond donors (Lipinski definition) is 3. The summed E-state index contributed by atoms with van der Waals surface area (Å²) in [6.07, 6.45) is 0.685. The summed E-state index contributed by atoms with van der Waals surface area (Å²) in [6, 6.07) is 23.3. The zero-order valence-corrected chi connectivity index (χ0v) is 20.2. The third kappa shape index (κ3) is 5.45. The number of carbonyl (C=O) groups is 2. The molecule has 0 unspecified atom stereocenters. The second kappa shape index (κ2) is 10.2. The molecule has 0 atom stereocenters. The predicted molar refractivity (Wildman–Crippen MR) is 141 cm³/mol. The lowest BCUT2D eigenvalue weighted by Crippen LogP contribution is -2.38. The van der Waals surface area contributed by atoms with Gasteiger partial charge in [0, 0.05) is 40.5 Å². The van der Waals surface area contributed by atoms with E-state index in [9.17, 15) is 9.59 Å². The van der Waals surface area contributed by atoms with Crippen molar-refractivity contribution in [2.75, 3.05) is 22.5 Å². The Hall–Kier alpha value is -3.88. The van der Waals surface area contributed by atoms with E-state index in [1.807, 2.05) is 42.5 Å². The van der Waals surface area contributed by atoms with Gasteiger partial charge in [0.1, 0.15) is 5.01 Å². The van der Waals surface area contributed by atoms with Crippen molar-refractivity contribution in [2.45, 2.75) is 13.0 Å².